The van der Waals surface area contributed by atoms with Gasteiger partial charge in [0.2, 0.25) is 0 Å². The van der Waals surface area contributed by atoms with E-state index in [0.717, 1.165) is 38.5 Å². The Bertz CT molecular complexity index is 340. The summed E-state index contributed by atoms with van der Waals surface area (Å²) < 4.78 is 5.38. The zero-order valence-electron chi connectivity index (χ0n) is 9.95. The molecule has 1 aliphatic rings. The lowest BCUT2D eigenvalue weighted by Crippen LogP contribution is -2.51. The molecule has 1 aromatic heterocycles. The predicted molar refractivity (Wildman–Crippen MR) is 65.7 cm³/mol. The second kappa shape index (κ2) is 5.21. The number of nitrogens with zero attached hydrogens (tertiary/aromatic N) is 2. The van der Waals surface area contributed by atoms with E-state index in [0.29, 0.717) is 11.3 Å². The Morgan fingerprint density at radius 2 is 2.25 bits per heavy atom. The summed E-state index contributed by atoms with van der Waals surface area (Å²) in [6.07, 6.45) is 0. The van der Waals surface area contributed by atoms with Crippen molar-refractivity contribution in [1.29, 1.82) is 0 Å². The first-order chi connectivity index (χ1) is 7.69. The van der Waals surface area contributed by atoms with Gasteiger partial charge in [-0.05, 0) is 37.2 Å². The van der Waals surface area contributed by atoms with Crippen molar-refractivity contribution >= 4 is 11.6 Å². The van der Waals surface area contributed by atoms with Crippen LogP contribution in [0.5, 0.6) is 0 Å². The number of hydrogen-bond donors (Lipinski definition) is 0. The maximum atomic E-state index is 5.76. The zero-order valence-corrected chi connectivity index (χ0v) is 10.7. The zero-order chi connectivity index (χ0) is 11.5. The molecule has 1 aliphatic heterocycles. The molecule has 0 bridgehead atoms. The van der Waals surface area contributed by atoms with E-state index in [1.165, 1.54) is 0 Å². The first-order valence-corrected chi connectivity index (χ1v) is 6.27. The van der Waals surface area contributed by atoms with E-state index in [-0.39, 0.29) is 0 Å². The molecule has 16 heavy (non-hydrogen) atoms. The molecule has 0 N–H and O–H groups in total. The average Bonchev–Trinajstić information content (AvgIpc) is 2.64. The largest absolute Gasteiger partial charge is 0.448 e. The Labute approximate surface area is 102 Å². The molecule has 2 heterocycles. The van der Waals surface area contributed by atoms with Crippen LogP contribution in [0.2, 0.25) is 5.22 Å². The van der Waals surface area contributed by atoms with Gasteiger partial charge in [-0.1, -0.05) is 6.92 Å². The molecule has 3 nitrogen and oxygen atoms in total. The van der Waals surface area contributed by atoms with Gasteiger partial charge in [0.05, 0.1) is 6.54 Å². The normalized spacial score (nSPS) is 23.8. The molecule has 90 valence electrons. The molecule has 0 amide bonds. The third kappa shape index (κ3) is 2.78. The van der Waals surface area contributed by atoms with Gasteiger partial charge in [-0.15, -0.1) is 0 Å². The lowest BCUT2D eigenvalue weighted by Gasteiger charge is -2.38. The van der Waals surface area contributed by atoms with Gasteiger partial charge in [-0.2, -0.15) is 0 Å². The van der Waals surface area contributed by atoms with Crippen molar-refractivity contribution in [2.45, 2.75) is 26.4 Å². The Balaban J connectivity index is 1.88. The number of hydrogen-bond acceptors (Lipinski definition) is 3. The number of likely N-dealkylation sites (N-methyl/N-ethyl adjacent to an activating group) is 1. The van der Waals surface area contributed by atoms with Crippen molar-refractivity contribution in [3.8, 4) is 0 Å². The van der Waals surface area contributed by atoms with Crippen LogP contribution in [0.3, 0.4) is 0 Å². The molecule has 1 fully saturated rings. The third-order valence-corrected chi connectivity index (χ3v) is 3.47. The number of halogens is 1. The van der Waals surface area contributed by atoms with Crippen LogP contribution < -0.4 is 0 Å². The number of piperazine rings is 1. The lowest BCUT2D eigenvalue weighted by atomic mass is 10.2. The summed E-state index contributed by atoms with van der Waals surface area (Å²) in [4.78, 5) is 4.93. The summed E-state index contributed by atoms with van der Waals surface area (Å²) in [5.41, 5.74) is 0. The first kappa shape index (κ1) is 12.0. The van der Waals surface area contributed by atoms with E-state index < -0.39 is 0 Å². The molecule has 1 aromatic rings. The summed E-state index contributed by atoms with van der Waals surface area (Å²) in [7, 11) is 0. The van der Waals surface area contributed by atoms with Crippen LogP contribution in [0.25, 0.3) is 0 Å². The molecule has 0 aliphatic carbocycles. The lowest BCUT2D eigenvalue weighted by molar-refractivity contribution is 0.0790. The molecule has 0 saturated carbocycles. The van der Waals surface area contributed by atoms with Crippen LogP contribution in [-0.4, -0.2) is 42.0 Å². The van der Waals surface area contributed by atoms with Gasteiger partial charge in [0.25, 0.3) is 0 Å². The van der Waals surface area contributed by atoms with E-state index in [4.69, 9.17) is 16.0 Å². The standard InChI is InChI=1S/C12H19ClN2O/c1-3-15-7-6-14(8-10(15)2)9-11-4-5-12(13)16-11/h4-5,10H,3,6-9H2,1-2H3. The average molecular weight is 243 g/mol. The Hall–Kier alpha value is -0.510. The molecule has 0 radical (unpaired) electrons. The summed E-state index contributed by atoms with van der Waals surface area (Å²) in [5, 5.41) is 0.482. The SMILES string of the molecule is CCN1CCN(Cc2ccc(Cl)o2)CC1C. The van der Waals surface area contributed by atoms with Crippen LogP contribution in [0, 0.1) is 0 Å². The van der Waals surface area contributed by atoms with Crippen molar-refractivity contribution < 1.29 is 4.42 Å². The highest BCUT2D eigenvalue weighted by molar-refractivity contribution is 6.28. The Kier molecular flexibility index (Phi) is 3.90. The monoisotopic (exact) mass is 242 g/mol. The highest BCUT2D eigenvalue weighted by Crippen LogP contribution is 2.17. The minimum atomic E-state index is 0.482. The minimum Gasteiger partial charge on any atom is -0.448 e. The van der Waals surface area contributed by atoms with Gasteiger partial charge in [-0.25, -0.2) is 0 Å². The van der Waals surface area contributed by atoms with Crippen LogP contribution in [0.15, 0.2) is 16.5 Å². The predicted octanol–water partition coefficient (Wildman–Crippen LogP) is 2.46. The topological polar surface area (TPSA) is 19.6 Å². The quantitative estimate of drug-likeness (QED) is 0.812. The molecule has 1 unspecified atom stereocenters. The van der Waals surface area contributed by atoms with Crippen molar-refractivity contribution in [3.63, 3.8) is 0 Å². The highest BCUT2D eigenvalue weighted by atomic mass is 35.5. The summed E-state index contributed by atoms with van der Waals surface area (Å²) in [6, 6.07) is 4.39. The van der Waals surface area contributed by atoms with Crippen molar-refractivity contribution in [1.82, 2.24) is 9.80 Å². The van der Waals surface area contributed by atoms with Crippen LogP contribution >= 0.6 is 11.6 Å². The van der Waals surface area contributed by atoms with E-state index in [1.54, 1.807) is 0 Å². The Morgan fingerprint density at radius 1 is 1.44 bits per heavy atom. The smallest absolute Gasteiger partial charge is 0.193 e. The summed E-state index contributed by atoms with van der Waals surface area (Å²) in [6.45, 7) is 9.87. The summed E-state index contributed by atoms with van der Waals surface area (Å²) >= 11 is 5.76. The van der Waals surface area contributed by atoms with E-state index >= 15 is 0 Å². The number of furan rings is 1. The molecule has 1 atom stereocenters. The van der Waals surface area contributed by atoms with Gasteiger partial charge in [0.1, 0.15) is 5.76 Å². The van der Waals surface area contributed by atoms with Crippen LogP contribution in [0.4, 0.5) is 0 Å². The van der Waals surface area contributed by atoms with Gasteiger partial charge < -0.3 is 4.42 Å². The van der Waals surface area contributed by atoms with E-state index in [2.05, 4.69) is 23.6 Å². The van der Waals surface area contributed by atoms with Crippen LogP contribution in [-0.2, 0) is 6.54 Å². The molecule has 0 spiro atoms. The minimum absolute atomic E-state index is 0.482. The molecular weight excluding hydrogens is 224 g/mol. The molecule has 2 rings (SSSR count). The molecule has 0 aromatic carbocycles. The van der Waals surface area contributed by atoms with E-state index in [9.17, 15) is 0 Å². The highest BCUT2D eigenvalue weighted by Gasteiger charge is 2.22. The van der Waals surface area contributed by atoms with E-state index in [1.807, 2.05) is 12.1 Å². The van der Waals surface area contributed by atoms with Crippen molar-refractivity contribution in [2.75, 3.05) is 26.2 Å². The summed E-state index contributed by atoms with van der Waals surface area (Å²) in [5.74, 6) is 0.960. The van der Waals surface area contributed by atoms with Gasteiger partial charge >= 0.3 is 0 Å². The van der Waals surface area contributed by atoms with Gasteiger partial charge in [0, 0.05) is 25.7 Å². The molecule has 4 heteroatoms. The second-order valence-electron chi connectivity index (χ2n) is 4.42. The fraction of sp³-hybridized carbons (Fsp3) is 0.667. The number of rotatable bonds is 3. The molecular formula is C12H19ClN2O. The molecule has 1 saturated heterocycles. The Morgan fingerprint density at radius 3 is 2.81 bits per heavy atom. The van der Waals surface area contributed by atoms with Crippen molar-refractivity contribution in [2.24, 2.45) is 0 Å². The van der Waals surface area contributed by atoms with Gasteiger partial charge in [0.15, 0.2) is 5.22 Å². The third-order valence-electron chi connectivity index (χ3n) is 3.26. The second-order valence-corrected chi connectivity index (χ2v) is 4.79. The fourth-order valence-corrected chi connectivity index (χ4v) is 2.50. The van der Waals surface area contributed by atoms with Crippen molar-refractivity contribution in [3.05, 3.63) is 23.1 Å². The fourth-order valence-electron chi connectivity index (χ4n) is 2.34. The maximum absolute atomic E-state index is 5.76. The van der Waals surface area contributed by atoms with Crippen LogP contribution in [0.1, 0.15) is 19.6 Å². The van der Waals surface area contributed by atoms with Gasteiger partial charge in [-0.3, -0.25) is 9.80 Å². The maximum Gasteiger partial charge on any atom is 0.193 e. The first-order valence-electron chi connectivity index (χ1n) is 5.89.